The summed E-state index contributed by atoms with van der Waals surface area (Å²) in [6.45, 7) is 3.21. The van der Waals surface area contributed by atoms with Crippen LogP contribution < -0.4 is 10.6 Å². The monoisotopic (exact) mass is 384 g/mol. The van der Waals surface area contributed by atoms with Gasteiger partial charge in [-0.3, -0.25) is 10.6 Å². The van der Waals surface area contributed by atoms with Crippen molar-refractivity contribution in [2.45, 2.75) is 73.8 Å². The molecule has 2 aliphatic heterocycles. The van der Waals surface area contributed by atoms with E-state index in [4.69, 9.17) is 10.00 Å². The molecule has 0 spiro atoms. The highest BCUT2D eigenvalue weighted by Gasteiger charge is 2.46. The maximum absolute atomic E-state index is 9.09. The van der Waals surface area contributed by atoms with Gasteiger partial charge in [0.25, 0.3) is 0 Å². The number of nitriles is 1. The van der Waals surface area contributed by atoms with Crippen LogP contribution in [0.3, 0.4) is 0 Å². The molecule has 3 fully saturated rings. The lowest BCUT2D eigenvalue weighted by molar-refractivity contribution is 0.0381. The SMILES string of the molecule is CN(C)C1(C)CCC(NC2NCC3OC(C#N)CC3C2Br)CC1. The summed E-state index contributed by atoms with van der Waals surface area (Å²) in [5.41, 5.74) is 0.344. The van der Waals surface area contributed by atoms with Crippen molar-refractivity contribution in [3.63, 3.8) is 0 Å². The van der Waals surface area contributed by atoms with Gasteiger partial charge in [0.15, 0.2) is 0 Å². The molecule has 23 heavy (non-hydrogen) atoms. The van der Waals surface area contributed by atoms with E-state index in [1.54, 1.807) is 0 Å². The van der Waals surface area contributed by atoms with Gasteiger partial charge in [-0.1, -0.05) is 15.9 Å². The molecule has 1 aliphatic carbocycles. The number of alkyl halides is 1. The molecule has 6 heteroatoms. The van der Waals surface area contributed by atoms with Gasteiger partial charge in [-0.2, -0.15) is 5.26 Å². The predicted molar refractivity (Wildman–Crippen MR) is 94.4 cm³/mol. The normalized spacial score (nSPS) is 47.3. The number of nitrogens with zero attached hydrogens (tertiary/aromatic N) is 2. The van der Waals surface area contributed by atoms with E-state index in [1.165, 1.54) is 25.7 Å². The second-order valence-electron chi connectivity index (χ2n) is 7.85. The third kappa shape index (κ3) is 3.59. The van der Waals surface area contributed by atoms with Crippen molar-refractivity contribution in [2.24, 2.45) is 5.92 Å². The number of fused-ring (bicyclic) bond motifs is 1. The van der Waals surface area contributed by atoms with Crippen LogP contribution in [0.15, 0.2) is 0 Å². The van der Waals surface area contributed by atoms with Crippen LogP contribution in [-0.4, -0.2) is 60.3 Å². The number of piperidine rings is 1. The molecule has 2 saturated heterocycles. The summed E-state index contributed by atoms with van der Waals surface area (Å²) in [5.74, 6) is 0.425. The molecule has 0 aromatic carbocycles. The Balaban J connectivity index is 1.53. The molecule has 5 atom stereocenters. The zero-order valence-electron chi connectivity index (χ0n) is 14.4. The van der Waals surface area contributed by atoms with E-state index in [0.717, 1.165) is 13.0 Å². The van der Waals surface area contributed by atoms with E-state index >= 15 is 0 Å². The average Bonchev–Trinajstić information content (AvgIpc) is 2.96. The second-order valence-corrected chi connectivity index (χ2v) is 8.91. The summed E-state index contributed by atoms with van der Waals surface area (Å²) in [5, 5.41) is 16.5. The molecule has 0 radical (unpaired) electrons. The molecule has 2 N–H and O–H groups in total. The molecule has 3 aliphatic rings. The van der Waals surface area contributed by atoms with Gasteiger partial charge in [0, 0.05) is 28.9 Å². The van der Waals surface area contributed by atoms with Crippen LogP contribution in [0.2, 0.25) is 0 Å². The van der Waals surface area contributed by atoms with E-state index < -0.39 is 0 Å². The fraction of sp³-hybridized carbons (Fsp3) is 0.941. The summed E-state index contributed by atoms with van der Waals surface area (Å²) in [7, 11) is 4.38. The van der Waals surface area contributed by atoms with E-state index in [9.17, 15) is 0 Å². The number of halogens is 1. The molecule has 1 saturated carbocycles. The zero-order chi connectivity index (χ0) is 16.6. The third-order valence-corrected chi connectivity index (χ3v) is 7.48. The number of nitrogens with one attached hydrogen (secondary N) is 2. The first kappa shape index (κ1) is 17.6. The molecular weight excluding hydrogens is 356 g/mol. The highest BCUT2D eigenvalue weighted by molar-refractivity contribution is 9.09. The standard InChI is InChI=1S/C17H29BrN4O/c1-17(22(2)3)6-4-11(5-7-17)21-16-15(18)13-8-12(9-19)23-14(13)10-20-16/h11-16,20-21H,4-8,10H2,1-3H3. The van der Waals surface area contributed by atoms with Crippen molar-refractivity contribution >= 4 is 15.9 Å². The van der Waals surface area contributed by atoms with E-state index in [2.05, 4.69) is 58.6 Å². The molecule has 3 rings (SSSR count). The van der Waals surface area contributed by atoms with Gasteiger partial charge in [-0.25, -0.2) is 0 Å². The van der Waals surface area contributed by atoms with Gasteiger partial charge in [-0.05, 0) is 53.1 Å². The Hall–Kier alpha value is -0.190. The minimum atomic E-state index is -0.235. The Morgan fingerprint density at radius 1 is 1.35 bits per heavy atom. The van der Waals surface area contributed by atoms with Gasteiger partial charge < -0.3 is 9.64 Å². The fourth-order valence-corrected chi connectivity index (χ4v) is 5.14. The van der Waals surface area contributed by atoms with Gasteiger partial charge in [0.05, 0.1) is 18.3 Å². The molecule has 0 bridgehead atoms. The highest BCUT2D eigenvalue weighted by Crippen LogP contribution is 2.37. The number of rotatable bonds is 3. The third-order valence-electron chi connectivity index (χ3n) is 6.27. The fourth-order valence-electron chi connectivity index (χ4n) is 4.25. The quantitative estimate of drug-likeness (QED) is 0.726. The largest absolute Gasteiger partial charge is 0.358 e. The molecule has 0 amide bonds. The molecule has 0 aromatic heterocycles. The Labute approximate surface area is 148 Å². The van der Waals surface area contributed by atoms with E-state index in [1.807, 2.05) is 0 Å². The Bertz CT molecular complexity index is 458. The first-order valence-electron chi connectivity index (χ1n) is 8.79. The maximum Gasteiger partial charge on any atom is 0.144 e. The molecular formula is C17H29BrN4O. The van der Waals surface area contributed by atoms with Crippen LogP contribution in [0.4, 0.5) is 0 Å². The number of hydrogen-bond acceptors (Lipinski definition) is 5. The first-order chi connectivity index (χ1) is 10.9. The average molecular weight is 385 g/mol. The van der Waals surface area contributed by atoms with Gasteiger partial charge >= 0.3 is 0 Å². The minimum absolute atomic E-state index is 0.172. The Kier molecular flexibility index (Phi) is 5.34. The van der Waals surface area contributed by atoms with Crippen LogP contribution in [0.1, 0.15) is 39.0 Å². The Morgan fingerprint density at radius 3 is 2.65 bits per heavy atom. The van der Waals surface area contributed by atoms with Crippen LogP contribution >= 0.6 is 15.9 Å². The number of hydrogen-bond donors (Lipinski definition) is 2. The maximum atomic E-state index is 9.09. The summed E-state index contributed by atoms with van der Waals surface area (Å²) in [4.78, 5) is 2.69. The van der Waals surface area contributed by atoms with Crippen LogP contribution in [0.25, 0.3) is 0 Å². The van der Waals surface area contributed by atoms with Crippen molar-refractivity contribution in [3.8, 4) is 6.07 Å². The molecule has 5 unspecified atom stereocenters. The summed E-state index contributed by atoms with van der Waals surface area (Å²) >= 11 is 3.87. The van der Waals surface area contributed by atoms with Crippen LogP contribution in [0, 0.1) is 17.2 Å². The highest BCUT2D eigenvalue weighted by atomic mass is 79.9. The van der Waals surface area contributed by atoms with Gasteiger partial charge in [-0.15, -0.1) is 0 Å². The second kappa shape index (κ2) is 6.97. The summed E-state index contributed by atoms with van der Waals surface area (Å²) in [6, 6.07) is 2.84. The van der Waals surface area contributed by atoms with Crippen LogP contribution in [0.5, 0.6) is 0 Å². The predicted octanol–water partition coefficient (Wildman–Crippen LogP) is 1.83. The van der Waals surface area contributed by atoms with Crippen LogP contribution in [-0.2, 0) is 4.74 Å². The molecule has 5 nitrogen and oxygen atoms in total. The van der Waals surface area contributed by atoms with Crippen molar-refractivity contribution < 1.29 is 4.74 Å². The Morgan fingerprint density at radius 2 is 2.04 bits per heavy atom. The molecule has 2 heterocycles. The first-order valence-corrected chi connectivity index (χ1v) is 9.70. The number of ether oxygens (including phenoxy) is 1. The van der Waals surface area contributed by atoms with Crippen molar-refractivity contribution in [1.82, 2.24) is 15.5 Å². The van der Waals surface area contributed by atoms with E-state index in [0.29, 0.717) is 22.3 Å². The van der Waals surface area contributed by atoms with Crippen molar-refractivity contribution in [3.05, 3.63) is 0 Å². The van der Waals surface area contributed by atoms with Crippen molar-refractivity contribution in [2.75, 3.05) is 20.6 Å². The molecule has 0 aromatic rings. The zero-order valence-corrected chi connectivity index (χ0v) is 16.0. The smallest absolute Gasteiger partial charge is 0.144 e. The van der Waals surface area contributed by atoms with E-state index in [-0.39, 0.29) is 18.4 Å². The summed E-state index contributed by atoms with van der Waals surface area (Å²) < 4.78 is 5.79. The lowest BCUT2D eigenvalue weighted by atomic mass is 9.79. The topological polar surface area (TPSA) is 60.3 Å². The lowest BCUT2D eigenvalue weighted by Gasteiger charge is -2.45. The summed E-state index contributed by atoms with van der Waals surface area (Å²) in [6.07, 6.45) is 5.97. The van der Waals surface area contributed by atoms with Crippen molar-refractivity contribution in [1.29, 1.82) is 5.26 Å². The lowest BCUT2D eigenvalue weighted by Crippen LogP contribution is -2.62. The van der Waals surface area contributed by atoms with Gasteiger partial charge in [0.1, 0.15) is 6.10 Å². The minimum Gasteiger partial charge on any atom is -0.358 e. The molecule has 130 valence electrons. The van der Waals surface area contributed by atoms with Gasteiger partial charge in [0.2, 0.25) is 0 Å².